The van der Waals surface area contributed by atoms with Gasteiger partial charge in [-0.15, -0.1) is 11.3 Å². The second kappa shape index (κ2) is 7.76. The van der Waals surface area contributed by atoms with Crippen LogP contribution in [0.4, 0.5) is 5.82 Å². The lowest BCUT2D eigenvalue weighted by Crippen LogP contribution is -2.10. The number of anilines is 1. The van der Waals surface area contributed by atoms with Crippen molar-refractivity contribution < 1.29 is 9.90 Å². The first-order valence-electron chi connectivity index (χ1n) is 8.50. The Balaban J connectivity index is 2.09. The molecule has 2 N–H and O–H groups in total. The number of thiazole rings is 1. The minimum atomic E-state index is -0.640. The standard InChI is InChI=1S/C20H21N3O2S/c1-4-17(25)22-16-11-15(8-9-21-16)19-18(23-20(26-19)13(3)24)14-7-5-6-12(2)10-14/h5-11,13,24H,4H2,1-3H3,(H,21,22,25). The summed E-state index contributed by atoms with van der Waals surface area (Å²) in [7, 11) is 0. The molecule has 6 heteroatoms. The van der Waals surface area contributed by atoms with Crippen LogP contribution in [0.15, 0.2) is 42.6 Å². The number of benzene rings is 1. The predicted octanol–water partition coefficient (Wildman–Crippen LogP) is 4.58. The number of aromatic nitrogens is 2. The first-order valence-corrected chi connectivity index (χ1v) is 9.31. The van der Waals surface area contributed by atoms with Crippen LogP contribution in [0.1, 0.15) is 36.9 Å². The molecule has 0 spiro atoms. The van der Waals surface area contributed by atoms with Crippen LogP contribution in [0, 0.1) is 6.92 Å². The van der Waals surface area contributed by atoms with Gasteiger partial charge in [-0.3, -0.25) is 4.79 Å². The molecule has 1 unspecified atom stereocenters. The van der Waals surface area contributed by atoms with Gasteiger partial charge in [-0.2, -0.15) is 0 Å². The highest BCUT2D eigenvalue weighted by Gasteiger charge is 2.18. The number of aliphatic hydroxyl groups excluding tert-OH is 1. The van der Waals surface area contributed by atoms with E-state index in [-0.39, 0.29) is 5.91 Å². The molecule has 3 aromatic rings. The van der Waals surface area contributed by atoms with E-state index in [1.54, 1.807) is 20.0 Å². The van der Waals surface area contributed by atoms with E-state index < -0.39 is 6.10 Å². The number of pyridine rings is 1. The topological polar surface area (TPSA) is 75.1 Å². The van der Waals surface area contributed by atoms with Crippen LogP contribution in [-0.4, -0.2) is 21.0 Å². The van der Waals surface area contributed by atoms with E-state index in [0.717, 1.165) is 27.3 Å². The van der Waals surface area contributed by atoms with E-state index in [0.29, 0.717) is 17.2 Å². The number of hydrogen-bond acceptors (Lipinski definition) is 5. The number of rotatable bonds is 5. The molecule has 3 rings (SSSR count). The Bertz CT molecular complexity index is 934. The number of nitrogens with zero attached hydrogens (tertiary/aromatic N) is 2. The van der Waals surface area contributed by atoms with Gasteiger partial charge in [0.05, 0.1) is 10.6 Å². The van der Waals surface area contributed by atoms with Gasteiger partial charge in [-0.1, -0.05) is 30.7 Å². The van der Waals surface area contributed by atoms with Gasteiger partial charge in [0.1, 0.15) is 16.9 Å². The van der Waals surface area contributed by atoms with Crippen LogP contribution >= 0.6 is 11.3 Å². The molecule has 0 saturated carbocycles. The van der Waals surface area contributed by atoms with E-state index in [2.05, 4.69) is 21.4 Å². The smallest absolute Gasteiger partial charge is 0.225 e. The Hall–Kier alpha value is -2.57. The predicted molar refractivity (Wildman–Crippen MR) is 105 cm³/mol. The third-order valence-electron chi connectivity index (χ3n) is 3.90. The minimum absolute atomic E-state index is 0.0810. The zero-order chi connectivity index (χ0) is 18.7. The molecule has 0 bridgehead atoms. The van der Waals surface area contributed by atoms with Gasteiger partial charge in [0.2, 0.25) is 5.91 Å². The lowest BCUT2D eigenvalue weighted by Gasteiger charge is -2.07. The number of aliphatic hydroxyl groups is 1. The summed E-state index contributed by atoms with van der Waals surface area (Å²) in [5.41, 5.74) is 3.88. The van der Waals surface area contributed by atoms with Crippen molar-refractivity contribution >= 4 is 23.1 Å². The fourth-order valence-corrected chi connectivity index (χ4v) is 3.59. The monoisotopic (exact) mass is 367 g/mol. The molecule has 2 heterocycles. The molecular formula is C20H21N3O2S. The molecule has 1 amide bonds. The van der Waals surface area contributed by atoms with Crippen molar-refractivity contribution in [3.63, 3.8) is 0 Å². The normalized spacial score (nSPS) is 12.0. The molecule has 0 fully saturated rings. The summed E-state index contributed by atoms with van der Waals surface area (Å²) in [5, 5.41) is 13.4. The molecular weight excluding hydrogens is 346 g/mol. The third-order valence-corrected chi connectivity index (χ3v) is 5.18. The summed E-state index contributed by atoms with van der Waals surface area (Å²) in [4.78, 5) is 21.5. The molecule has 0 aliphatic rings. The average molecular weight is 367 g/mol. The summed E-state index contributed by atoms with van der Waals surface area (Å²) in [5.74, 6) is 0.430. The minimum Gasteiger partial charge on any atom is -0.386 e. The van der Waals surface area contributed by atoms with Crippen LogP contribution in [0.5, 0.6) is 0 Å². The second-order valence-electron chi connectivity index (χ2n) is 6.11. The third kappa shape index (κ3) is 3.98. The second-order valence-corrected chi connectivity index (χ2v) is 7.14. The Morgan fingerprint density at radius 3 is 2.77 bits per heavy atom. The molecule has 0 saturated heterocycles. The van der Waals surface area contributed by atoms with Crippen LogP contribution < -0.4 is 5.32 Å². The van der Waals surface area contributed by atoms with E-state index in [1.165, 1.54) is 11.3 Å². The van der Waals surface area contributed by atoms with Gasteiger partial charge in [0, 0.05) is 18.2 Å². The fourth-order valence-electron chi connectivity index (χ4n) is 2.57. The van der Waals surface area contributed by atoms with Crippen LogP contribution in [0.25, 0.3) is 21.7 Å². The number of amides is 1. The van der Waals surface area contributed by atoms with Gasteiger partial charge in [0.25, 0.3) is 0 Å². The van der Waals surface area contributed by atoms with Crippen LogP contribution in [0.3, 0.4) is 0 Å². The van der Waals surface area contributed by atoms with Crippen molar-refractivity contribution in [1.82, 2.24) is 9.97 Å². The van der Waals surface area contributed by atoms with Gasteiger partial charge in [0.15, 0.2) is 0 Å². The summed E-state index contributed by atoms with van der Waals surface area (Å²) in [6.07, 6.45) is 1.42. The van der Waals surface area contributed by atoms with Crippen molar-refractivity contribution in [2.24, 2.45) is 0 Å². The summed E-state index contributed by atoms with van der Waals surface area (Å²) in [6, 6.07) is 11.8. The molecule has 1 atom stereocenters. The Labute approximate surface area is 156 Å². The van der Waals surface area contributed by atoms with Crippen molar-refractivity contribution in [3.8, 4) is 21.7 Å². The molecule has 134 valence electrons. The lowest BCUT2D eigenvalue weighted by atomic mass is 10.1. The van der Waals surface area contributed by atoms with E-state index in [9.17, 15) is 9.90 Å². The lowest BCUT2D eigenvalue weighted by molar-refractivity contribution is -0.115. The number of carbonyl (C=O) groups is 1. The Kier molecular flexibility index (Phi) is 5.44. The number of nitrogens with one attached hydrogen (secondary N) is 1. The van der Waals surface area contributed by atoms with Crippen molar-refractivity contribution in [2.45, 2.75) is 33.3 Å². The maximum absolute atomic E-state index is 11.7. The number of hydrogen-bond donors (Lipinski definition) is 2. The van der Waals surface area contributed by atoms with Gasteiger partial charge < -0.3 is 10.4 Å². The Morgan fingerprint density at radius 1 is 1.27 bits per heavy atom. The number of carbonyl (C=O) groups excluding carboxylic acids is 1. The maximum Gasteiger partial charge on any atom is 0.225 e. The number of aryl methyl sites for hydroxylation is 1. The van der Waals surface area contributed by atoms with Gasteiger partial charge in [-0.05, 0) is 37.6 Å². The average Bonchev–Trinajstić information content (AvgIpc) is 3.07. The molecule has 2 aromatic heterocycles. The largest absolute Gasteiger partial charge is 0.386 e. The van der Waals surface area contributed by atoms with Crippen molar-refractivity contribution in [1.29, 1.82) is 0 Å². The van der Waals surface area contributed by atoms with Gasteiger partial charge >= 0.3 is 0 Å². The first-order chi connectivity index (χ1) is 12.5. The van der Waals surface area contributed by atoms with E-state index in [4.69, 9.17) is 0 Å². The quantitative estimate of drug-likeness (QED) is 0.692. The first kappa shape index (κ1) is 18.2. The van der Waals surface area contributed by atoms with Crippen molar-refractivity contribution in [3.05, 3.63) is 53.2 Å². The summed E-state index contributed by atoms with van der Waals surface area (Å²) < 4.78 is 0. The van der Waals surface area contributed by atoms with E-state index >= 15 is 0 Å². The van der Waals surface area contributed by atoms with Crippen LogP contribution in [-0.2, 0) is 4.79 Å². The van der Waals surface area contributed by atoms with Gasteiger partial charge in [-0.25, -0.2) is 9.97 Å². The zero-order valence-corrected chi connectivity index (χ0v) is 15.8. The highest BCUT2D eigenvalue weighted by atomic mass is 32.1. The summed E-state index contributed by atoms with van der Waals surface area (Å²) >= 11 is 1.45. The van der Waals surface area contributed by atoms with Crippen LogP contribution in [0.2, 0.25) is 0 Å². The molecule has 0 aliphatic heterocycles. The molecule has 0 aliphatic carbocycles. The molecule has 0 radical (unpaired) electrons. The highest BCUT2D eigenvalue weighted by molar-refractivity contribution is 7.15. The molecule has 26 heavy (non-hydrogen) atoms. The summed E-state index contributed by atoms with van der Waals surface area (Å²) in [6.45, 7) is 5.55. The fraction of sp³-hybridized carbons (Fsp3) is 0.250. The molecule has 5 nitrogen and oxygen atoms in total. The SMILES string of the molecule is CCC(=O)Nc1cc(-c2sc(C(C)O)nc2-c2cccc(C)c2)ccn1. The Morgan fingerprint density at radius 2 is 2.08 bits per heavy atom. The zero-order valence-electron chi connectivity index (χ0n) is 15.0. The maximum atomic E-state index is 11.7. The highest BCUT2D eigenvalue weighted by Crippen LogP contribution is 2.39. The molecule has 1 aromatic carbocycles. The van der Waals surface area contributed by atoms with E-state index in [1.807, 2.05) is 37.3 Å². The van der Waals surface area contributed by atoms with Crippen molar-refractivity contribution in [2.75, 3.05) is 5.32 Å².